The summed E-state index contributed by atoms with van der Waals surface area (Å²) in [6, 6.07) is 6.49. The molecule has 1 aromatic heterocycles. The van der Waals surface area contributed by atoms with Gasteiger partial charge in [-0.05, 0) is 24.3 Å². The highest BCUT2D eigenvalue weighted by atomic mass is 16.5. The summed E-state index contributed by atoms with van der Waals surface area (Å²) in [6.07, 6.45) is 0. The van der Waals surface area contributed by atoms with Crippen LogP contribution in [0, 0.1) is 0 Å². The molecule has 1 heterocycles. The number of benzene rings is 1. The Hall–Kier alpha value is -3.07. The zero-order valence-electron chi connectivity index (χ0n) is 15.2. The molecular weight excluding hydrogens is 340 g/mol. The molecular formula is C17H22N4O5. The fraction of sp³-hybridized carbons (Fsp3) is 0.353. The molecule has 2 N–H and O–H groups in total. The first-order chi connectivity index (χ1) is 12.6. The molecule has 9 nitrogen and oxygen atoms in total. The van der Waals surface area contributed by atoms with Crippen molar-refractivity contribution >= 4 is 17.5 Å². The van der Waals surface area contributed by atoms with E-state index in [1.165, 1.54) is 21.3 Å². The van der Waals surface area contributed by atoms with E-state index in [1.54, 1.807) is 31.4 Å². The number of nitrogens with one attached hydrogen (secondary N) is 2. The molecule has 0 aliphatic heterocycles. The number of anilines is 2. The smallest absolute Gasteiger partial charge is 0.257 e. The zero-order valence-corrected chi connectivity index (χ0v) is 15.2. The quantitative estimate of drug-likeness (QED) is 0.651. The van der Waals surface area contributed by atoms with Crippen LogP contribution in [0.25, 0.3) is 0 Å². The number of ether oxygens (including phenoxy) is 4. The zero-order chi connectivity index (χ0) is 18.9. The van der Waals surface area contributed by atoms with Crippen LogP contribution in [0.1, 0.15) is 10.4 Å². The van der Waals surface area contributed by atoms with Crippen LogP contribution < -0.4 is 24.8 Å². The molecule has 1 amide bonds. The largest absolute Gasteiger partial charge is 0.493 e. The van der Waals surface area contributed by atoms with Crippen molar-refractivity contribution in [3.05, 3.63) is 29.8 Å². The summed E-state index contributed by atoms with van der Waals surface area (Å²) in [5.74, 6) is 1.73. The van der Waals surface area contributed by atoms with Crippen molar-refractivity contribution < 1.29 is 23.7 Å². The molecule has 0 atom stereocenters. The van der Waals surface area contributed by atoms with Gasteiger partial charge in [-0.2, -0.15) is 0 Å². The van der Waals surface area contributed by atoms with E-state index >= 15 is 0 Å². The van der Waals surface area contributed by atoms with Crippen LogP contribution in [0.2, 0.25) is 0 Å². The lowest BCUT2D eigenvalue weighted by molar-refractivity contribution is 0.102. The molecule has 0 bridgehead atoms. The van der Waals surface area contributed by atoms with Gasteiger partial charge in [0.05, 0.1) is 27.9 Å². The second kappa shape index (κ2) is 9.42. The second-order valence-electron chi connectivity index (χ2n) is 5.09. The normalized spacial score (nSPS) is 10.2. The second-order valence-corrected chi connectivity index (χ2v) is 5.09. The van der Waals surface area contributed by atoms with E-state index < -0.39 is 0 Å². The summed E-state index contributed by atoms with van der Waals surface area (Å²) in [6.45, 7) is 1.17. The molecule has 0 aliphatic carbocycles. The third kappa shape index (κ3) is 4.73. The minimum Gasteiger partial charge on any atom is -0.493 e. The number of carbonyl (C=O) groups excluding carboxylic acids is 1. The van der Waals surface area contributed by atoms with Crippen LogP contribution >= 0.6 is 0 Å². The molecule has 26 heavy (non-hydrogen) atoms. The van der Waals surface area contributed by atoms with Gasteiger partial charge in [0.25, 0.3) is 5.91 Å². The predicted molar refractivity (Wildman–Crippen MR) is 96.4 cm³/mol. The summed E-state index contributed by atoms with van der Waals surface area (Å²) in [5, 5.41) is 13.7. The van der Waals surface area contributed by atoms with Crippen molar-refractivity contribution in [1.82, 2.24) is 10.2 Å². The first kappa shape index (κ1) is 19.3. The third-order valence-electron chi connectivity index (χ3n) is 3.45. The van der Waals surface area contributed by atoms with Gasteiger partial charge in [-0.3, -0.25) is 4.79 Å². The number of hydrogen-bond donors (Lipinski definition) is 2. The third-order valence-corrected chi connectivity index (χ3v) is 3.45. The first-order valence-electron chi connectivity index (χ1n) is 7.80. The molecule has 0 spiro atoms. The minimum absolute atomic E-state index is 0.320. The molecule has 0 saturated carbocycles. The molecule has 0 fully saturated rings. The minimum atomic E-state index is -0.376. The van der Waals surface area contributed by atoms with E-state index in [1.807, 2.05) is 0 Å². The van der Waals surface area contributed by atoms with Crippen LogP contribution in [0.15, 0.2) is 24.3 Å². The van der Waals surface area contributed by atoms with E-state index in [9.17, 15) is 4.79 Å². The molecule has 1 aromatic carbocycles. The van der Waals surface area contributed by atoms with Gasteiger partial charge in [0.2, 0.25) is 5.75 Å². The van der Waals surface area contributed by atoms with E-state index in [0.29, 0.717) is 47.6 Å². The molecule has 9 heteroatoms. The summed E-state index contributed by atoms with van der Waals surface area (Å²) in [5.41, 5.74) is 0.337. The number of hydrogen-bond acceptors (Lipinski definition) is 8. The Kier molecular flexibility index (Phi) is 6.98. The van der Waals surface area contributed by atoms with Crippen molar-refractivity contribution in [2.45, 2.75) is 0 Å². The Balaban J connectivity index is 2.12. The number of carbonyl (C=O) groups is 1. The van der Waals surface area contributed by atoms with Crippen molar-refractivity contribution in [2.75, 3.05) is 52.2 Å². The highest BCUT2D eigenvalue weighted by Crippen LogP contribution is 2.38. The van der Waals surface area contributed by atoms with Gasteiger partial charge in [0.1, 0.15) is 5.82 Å². The Morgan fingerprint density at radius 1 is 0.962 bits per heavy atom. The lowest BCUT2D eigenvalue weighted by Gasteiger charge is -2.14. The van der Waals surface area contributed by atoms with Gasteiger partial charge < -0.3 is 29.6 Å². The van der Waals surface area contributed by atoms with Gasteiger partial charge >= 0.3 is 0 Å². The van der Waals surface area contributed by atoms with E-state index in [2.05, 4.69) is 20.8 Å². The molecule has 2 rings (SSSR count). The lowest BCUT2D eigenvalue weighted by atomic mass is 10.1. The number of nitrogens with zero attached hydrogens (tertiary/aromatic N) is 2. The lowest BCUT2D eigenvalue weighted by Crippen LogP contribution is -2.15. The summed E-state index contributed by atoms with van der Waals surface area (Å²) < 4.78 is 20.7. The van der Waals surface area contributed by atoms with Crippen LogP contribution in [0.4, 0.5) is 11.6 Å². The number of aromatic nitrogens is 2. The first-order valence-corrected chi connectivity index (χ1v) is 7.80. The highest BCUT2D eigenvalue weighted by Gasteiger charge is 2.17. The molecule has 2 aromatic rings. The summed E-state index contributed by atoms with van der Waals surface area (Å²) in [7, 11) is 6.09. The molecule has 0 radical (unpaired) electrons. The maximum absolute atomic E-state index is 12.5. The van der Waals surface area contributed by atoms with Crippen molar-refractivity contribution in [3.63, 3.8) is 0 Å². The van der Waals surface area contributed by atoms with Gasteiger partial charge in [-0.25, -0.2) is 0 Å². The standard InChI is InChI=1S/C17H22N4O5/c1-23-8-7-18-14-5-6-15(21-20-14)19-17(22)11-9-12(24-2)16(26-4)13(10-11)25-3/h5-6,9-10H,7-8H2,1-4H3,(H,18,20)(H,19,21,22). The van der Waals surface area contributed by atoms with E-state index in [4.69, 9.17) is 18.9 Å². The van der Waals surface area contributed by atoms with Gasteiger partial charge in [-0.15, -0.1) is 10.2 Å². The highest BCUT2D eigenvalue weighted by molar-refractivity contribution is 6.04. The van der Waals surface area contributed by atoms with Crippen molar-refractivity contribution in [3.8, 4) is 17.2 Å². The van der Waals surface area contributed by atoms with Crippen LogP contribution in [0.5, 0.6) is 17.2 Å². The predicted octanol–water partition coefficient (Wildman–Crippen LogP) is 1.81. The van der Waals surface area contributed by atoms with Crippen molar-refractivity contribution in [2.24, 2.45) is 0 Å². The van der Waals surface area contributed by atoms with Crippen LogP contribution in [0.3, 0.4) is 0 Å². The fourth-order valence-corrected chi connectivity index (χ4v) is 2.18. The average molecular weight is 362 g/mol. The van der Waals surface area contributed by atoms with Crippen molar-refractivity contribution in [1.29, 1.82) is 0 Å². The Morgan fingerprint density at radius 2 is 1.58 bits per heavy atom. The van der Waals surface area contributed by atoms with Gasteiger partial charge in [-0.1, -0.05) is 0 Å². The van der Waals surface area contributed by atoms with Gasteiger partial charge in [0, 0.05) is 19.2 Å². The average Bonchev–Trinajstić information content (AvgIpc) is 2.68. The number of methoxy groups -OCH3 is 4. The summed E-state index contributed by atoms with van der Waals surface area (Å²) >= 11 is 0. The molecule has 140 valence electrons. The maximum atomic E-state index is 12.5. The maximum Gasteiger partial charge on any atom is 0.257 e. The van der Waals surface area contributed by atoms with Crippen LogP contribution in [-0.4, -0.2) is 57.7 Å². The van der Waals surface area contributed by atoms with Gasteiger partial charge in [0.15, 0.2) is 17.3 Å². The monoisotopic (exact) mass is 362 g/mol. The number of rotatable bonds is 9. The number of amides is 1. The molecule has 0 aliphatic rings. The fourth-order valence-electron chi connectivity index (χ4n) is 2.18. The molecule has 0 saturated heterocycles. The topological polar surface area (TPSA) is 104 Å². The Bertz CT molecular complexity index is 711. The summed E-state index contributed by atoms with van der Waals surface area (Å²) in [4.78, 5) is 12.5. The molecule has 0 unspecified atom stereocenters. The Labute approximate surface area is 151 Å². The van der Waals surface area contributed by atoms with E-state index in [0.717, 1.165) is 0 Å². The van der Waals surface area contributed by atoms with Crippen LogP contribution in [-0.2, 0) is 4.74 Å². The SMILES string of the molecule is COCCNc1ccc(NC(=O)c2cc(OC)c(OC)c(OC)c2)nn1. The Morgan fingerprint density at radius 3 is 2.08 bits per heavy atom. The van der Waals surface area contributed by atoms with E-state index in [-0.39, 0.29) is 5.91 Å².